The summed E-state index contributed by atoms with van der Waals surface area (Å²) in [5.74, 6) is -0.844. The lowest BCUT2D eigenvalue weighted by molar-refractivity contribution is -0.0498. The summed E-state index contributed by atoms with van der Waals surface area (Å²) in [6.45, 7) is -2.31. The Hall–Kier alpha value is -3.81. The van der Waals surface area contributed by atoms with Crippen molar-refractivity contribution in [1.82, 2.24) is 15.1 Å². The van der Waals surface area contributed by atoms with Crippen LogP contribution < -0.4 is 10.1 Å². The van der Waals surface area contributed by atoms with Crippen molar-refractivity contribution in [2.45, 2.75) is 19.7 Å². The average Bonchev–Trinajstić information content (AvgIpc) is 3.11. The average molecular weight is 425 g/mol. The molecule has 0 aliphatic rings. The van der Waals surface area contributed by atoms with Crippen LogP contribution >= 0.6 is 0 Å². The Morgan fingerprint density at radius 1 is 1.00 bits per heavy atom. The largest absolute Gasteiger partial charge is 0.435 e. The normalized spacial score (nSPS) is 11.1. The van der Waals surface area contributed by atoms with E-state index in [9.17, 15) is 18.0 Å². The van der Waals surface area contributed by atoms with Gasteiger partial charge in [-0.25, -0.2) is 4.39 Å². The second-order valence-corrected chi connectivity index (χ2v) is 6.86. The van der Waals surface area contributed by atoms with E-state index in [0.717, 1.165) is 11.1 Å². The Bertz CT molecular complexity index is 1190. The Balaban J connectivity index is 1.59. The maximum atomic E-state index is 13.9. The summed E-state index contributed by atoms with van der Waals surface area (Å²) in [4.78, 5) is 12.8. The Kier molecular flexibility index (Phi) is 5.88. The molecule has 0 bridgehead atoms. The number of rotatable bonds is 7. The molecule has 0 spiro atoms. The van der Waals surface area contributed by atoms with Gasteiger partial charge >= 0.3 is 6.61 Å². The van der Waals surface area contributed by atoms with Gasteiger partial charge in [0.1, 0.15) is 11.6 Å². The van der Waals surface area contributed by atoms with Crippen molar-refractivity contribution in [1.29, 1.82) is 0 Å². The zero-order valence-corrected chi connectivity index (χ0v) is 16.3. The fourth-order valence-electron chi connectivity index (χ4n) is 3.25. The first-order valence-electron chi connectivity index (χ1n) is 9.51. The predicted molar refractivity (Wildman–Crippen MR) is 109 cm³/mol. The van der Waals surface area contributed by atoms with Crippen LogP contribution in [-0.2, 0) is 13.1 Å². The van der Waals surface area contributed by atoms with Crippen LogP contribution in [0.25, 0.3) is 10.9 Å². The third-order valence-corrected chi connectivity index (χ3v) is 4.70. The third-order valence-electron chi connectivity index (χ3n) is 4.70. The maximum absolute atomic E-state index is 13.9. The van der Waals surface area contributed by atoms with Crippen LogP contribution in [0.15, 0.2) is 72.8 Å². The van der Waals surface area contributed by atoms with Crippen molar-refractivity contribution >= 4 is 16.8 Å². The minimum atomic E-state index is -2.90. The van der Waals surface area contributed by atoms with Gasteiger partial charge in [0, 0.05) is 11.9 Å². The van der Waals surface area contributed by atoms with E-state index in [-0.39, 0.29) is 18.0 Å². The number of carbonyl (C=O) groups excluding carboxylic acids is 1. The molecule has 8 heteroatoms. The highest BCUT2D eigenvalue weighted by molar-refractivity contribution is 6.04. The first-order valence-corrected chi connectivity index (χ1v) is 9.51. The highest BCUT2D eigenvalue weighted by atomic mass is 19.3. The van der Waals surface area contributed by atoms with Gasteiger partial charge in [0.15, 0.2) is 5.69 Å². The predicted octanol–water partition coefficient (Wildman–Crippen LogP) is 4.76. The van der Waals surface area contributed by atoms with E-state index in [1.54, 1.807) is 22.9 Å². The van der Waals surface area contributed by atoms with Crippen LogP contribution in [0.4, 0.5) is 13.2 Å². The number of carbonyl (C=O) groups is 1. The van der Waals surface area contributed by atoms with Gasteiger partial charge in [-0.2, -0.15) is 13.9 Å². The molecule has 0 radical (unpaired) electrons. The van der Waals surface area contributed by atoms with E-state index in [1.165, 1.54) is 24.3 Å². The van der Waals surface area contributed by atoms with Crippen LogP contribution in [0.2, 0.25) is 0 Å². The Morgan fingerprint density at radius 3 is 2.45 bits per heavy atom. The molecule has 158 valence electrons. The molecule has 5 nitrogen and oxygen atoms in total. The zero-order valence-electron chi connectivity index (χ0n) is 16.3. The SMILES string of the molecule is O=C(NCc1ccccc1)c1nn(Cc2ccc(OC(F)F)cc2)c2ccc(F)cc12. The fourth-order valence-corrected chi connectivity index (χ4v) is 3.25. The number of hydrogen-bond donors (Lipinski definition) is 1. The summed E-state index contributed by atoms with van der Waals surface area (Å²) in [7, 11) is 0. The summed E-state index contributed by atoms with van der Waals surface area (Å²) < 4.78 is 44.4. The number of ether oxygens (including phenoxy) is 1. The van der Waals surface area contributed by atoms with Gasteiger partial charge in [0.25, 0.3) is 5.91 Å². The molecule has 31 heavy (non-hydrogen) atoms. The van der Waals surface area contributed by atoms with E-state index >= 15 is 0 Å². The molecule has 1 aromatic heterocycles. The number of hydrogen-bond acceptors (Lipinski definition) is 3. The van der Waals surface area contributed by atoms with Gasteiger partial charge in [-0.1, -0.05) is 42.5 Å². The van der Waals surface area contributed by atoms with Crippen molar-refractivity contribution < 1.29 is 22.7 Å². The van der Waals surface area contributed by atoms with E-state index in [4.69, 9.17) is 0 Å². The topological polar surface area (TPSA) is 56.2 Å². The number of aromatic nitrogens is 2. The first-order chi connectivity index (χ1) is 15.0. The van der Waals surface area contributed by atoms with Crippen molar-refractivity contribution in [2.75, 3.05) is 0 Å². The summed E-state index contributed by atoms with van der Waals surface area (Å²) in [5.41, 5.74) is 2.38. The monoisotopic (exact) mass is 425 g/mol. The van der Waals surface area contributed by atoms with Crippen molar-refractivity contribution in [2.24, 2.45) is 0 Å². The van der Waals surface area contributed by atoms with E-state index < -0.39 is 18.3 Å². The lowest BCUT2D eigenvalue weighted by Crippen LogP contribution is -2.23. The number of fused-ring (bicyclic) bond motifs is 1. The number of nitrogens with one attached hydrogen (secondary N) is 1. The molecule has 1 N–H and O–H groups in total. The summed E-state index contributed by atoms with van der Waals surface area (Å²) in [6, 6.07) is 19.7. The molecule has 0 saturated heterocycles. The number of alkyl halides is 2. The van der Waals surface area contributed by atoms with E-state index in [1.807, 2.05) is 30.3 Å². The van der Waals surface area contributed by atoms with Crippen LogP contribution in [0, 0.1) is 5.82 Å². The van der Waals surface area contributed by atoms with E-state index in [0.29, 0.717) is 17.4 Å². The van der Waals surface area contributed by atoms with Gasteiger partial charge in [0.2, 0.25) is 0 Å². The zero-order chi connectivity index (χ0) is 21.8. The van der Waals surface area contributed by atoms with Crippen LogP contribution in [0.5, 0.6) is 5.75 Å². The number of nitrogens with zero attached hydrogens (tertiary/aromatic N) is 2. The minimum Gasteiger partial charge on any atom is -0.435 e. The molecule has 0 saturated carbocycles. The Morgan fingerprint density at radius 2 is 1.74 bits per heavy atom. The minimum absolute atomic E-state index is 0.0483. The van der Waals surface area contributed by atoms with Gasteiger partial charge < -0.3 is 10.1 Å². The lowest BCUT2D eigenvalue weighted by atomic mass is 10.1. The summed E-state index contributed by atoms with van der Waals surface area (Å²) in [6.07, 6.45) is 0. The second kappa shape index (κ2) is 8.91. The summed E-state index contributed by atoms with van der Waals surface area (Å²) >= 11 is 0. The number of halogens is 3. The number of benzene rings is 3. The molecular weight excluding hydrogens is 407 g/mol. The van der Waals surface area contributed by atoms with Gasteiger partial charge in [-0.05, 0) is 41.5 Å². The molecule has 1 amide bonds. The summed E-state index contributed by atoms with van der Waals surface area (Å²) in [5, 5.41) is 7.59. The molecule has 0 aliphatic heterocycles. The fraction of sp³-hybridized carbons (Fsp3) is 0.130. The lowest BCUT2D eigenvalue weighted by Gasteiger charge is -2.07. The molecule has 4 aromatic rings. The van der Waals surface area contributed by atoms with E-state index in [2.05, 4.69) is 15.2 Å². The van der Waals surface area contributed by atoms with Crippen LogP contribution in [0.1, 0.15) is 21.6 Å². The Labute approximate surface area is 176 Å². The molecule has 1 heterocycles. The second-order valence-electron chi connectivity index (χ2n) is 6.86. The molecular formula is C23H18F3N3O2. The standard InChI is InChI=1S/C23H18F3N3O2/c24-17-8-11-20-19(12-17)21(22(30)27-13-15-4-2-1-3-5-15)28-29(20)14-16-6-9-18(10-7-16)31-23(25)26/h1-12,23H,13-14H2,(H,27,30). The van der Waals surface area contributed by atoms with Gasteiger partial charge in [-0.3, -0.25) is 9.48 Å². The van der Waals surface area contributed by atoms with Gasteiger partial charge in [0.05, 0.1) is 12.1 Å². The molecule has 0 aliphatic carbocycles. The van der Waals surface area contributed by atoms with Crippen LogP contribution in [0.3, 0.4) is 0 Å². The number of amides is 1. The van der Waals surface area contributed by atoms with Crippen LogP contribution in [-0.4, -0.2) is 22.3 Å². The smallest absolute Gasteiger partial charge is 0.387 e. The van der Waals surface area contributed by atoms with Gasteiger partial charge in [-0.15, -0.1) is 0 Å². The molecule has 4 rings (SSSR count). The highest BCUT2D eigenvalue weighted by Gasteiger charge is 2.18. The maximum Gasteiger partial charge on any atom is 0.387 e. The highest BCUT2D eigenvalue weighted by Crippen LogP contribution is 2.22. The molecule has 0 atom stereocenters. The van der Waals surface area contributed by atoms with Crippen molar-refractivity contribution in [3.05, 3.63) is 95.4 Å². The first kappa shape index (κ1) is 20.5. The molecule has 0 unspecified atom stereocenters. The molecule has 3 aromatic carbocycles. The third kappa shape index (κ3) is 4.85. The quantitative estimate of drug-likeness (QED) is 0.465. The molecule has 0 fully saturated rings. The van der Waals surface area contributed by atoms with Crippen molar-refractivity contribution in [3.8, 4) is 5.75 Å². The van der Waals surface area contributed by atoms with Crippen molar-refractivity contribution in [3.63, 3.8) is 0 Å².